The van der Waals surface area contributed by atoms with Crippen LogP contribution in [-0.4, -0.2) is 131 Å². The number of halogens is 1. The van der Waals surface area contributed by atoms with Crippen molar-refractivity contribution in [3.8, 4) is 23.2 Å². The van der Waals surface area contributed by atoms with Crippen LogP contribution < -0.4 is 42.4 Å². The largest absolute Gasteiger partial charge is 0.458 e. The molecule has 1 saturated carbocycles. The van der Waals surface area contributed by atoms with Gasteiger partial charge < -0.3 is 60.8 Å². The lowest BCUT2D eigenvalue weighted by atomic mass is 9.65. The molecule has 23 nitrogen and oxygen atoms in total. The fourth-order valence-electron chi connectivity index (χ4n) is 15.0. The third kappa shape index (κ3) is 14.9. The Balaban J connectivity index is 0.544. The van der Waals surface area contributed by atoms with Crippen LogP contribution in [0.4, 0.5) is 10.1 Å². The van der Waals surface area contributed by atoms with E-state index in [4.69, 9.17) is 14.5 Å². The number of carbonyl (C=O) groups excluding carboxylic acids is 9. The lowest BCUT2D eigenvalue weighted by Gasteiger charge is -2.46. The number of piperidine rings is 1. The van der Waals surface area contributed by atoms with E-state index in [1.165, 1.54) is 10.6 Å². The molecule has 6 aliphatic rings. The minimum absolute atomic E-state index is 0.0227. The number of anilines is 1. The number of rotatable bonds is 23. The van der Waals surface area contributed by atoms with Crippen LogP contribution in [-0.2, 0) is 90.8 Å². The zero-order chi connectivity index (χ0) is 70.4. The molecule has 2 aliphatic carbocycles. The second-order valence-corrected chi connectivity index (χ2v) is 27.1. The van der Waals surface area contributed by atoms with Gasteiger partial charge in [-0.15, -0.1) is 0 Å². The highest BCUT2D eigenvalue weighted by atomic mass is 19.1. The quantitative estimate of drug-likeness (QED) is 0.0240. The minimum Gasteiger partial charge on any atom is -0.458 e. The maximum absolute atomic E-state index is 15.5. The number of amides is 8. The van der Waals surface area contributed by atoms with Crippen molar-refractivity contribution in [3.05, 3.63) is 163 Å². The van der Waals surface area contributed by atoms with Gasteiger partial charge in [-0.3, -0.25) is 43.2 Å². The number of aryl methyl sites for hydroxylation is 1. The summed E-state index contributed by atoms with van der Waals surface area (Å²) in [6.07, 6.45) is 6.28. The van der Waals surface area contributed by atoms with E-state index in [2.05, 4.69) is 43.7 Å². The van der Waals surface area contributed by atoms with E-state index in [1.54, 1.807) is 55.1 Å². The van der Waals surface area contributed by atoms with E-state index in [0.717, 1.165) is 60.9 Å². The van der Waals surface area contributed by atoms with Gasteiger partial charge in [0.25, 0.3) is 5.56 Å². The van der Waals surface area contributed by atoms with Crippen LogP contribution in [0.3, 0.4) is 0 Å². The summed E-state index contributed by atoms with van der Waals surface area (Å²) < 4.78 is 28.0. The van der Waals surface area contributed by atoms with Crippen LogP contribution in [0, 0.1) is 41.8 Å². The Morgan fingerprint density at radius 1 is 0.770 bits per heavy atom. The van der Waals surface area contributed by atoms with Gasteiger partial charge in [0.05, 0.1) is 73.5 Å². The maximum atomic E-state index is 15.5. The first kappa shape index (κ1) is 69.8. The van der Waals surface area contributed by atoms with E-state index in [-0.39, 0.29) is 105 Å². The number of fused-ring (bicyclic) bond motifs is 7. The van der Waals surface area contributed by atoms with E-state index >= 15 is 4.39 Å². The van der Waals surface area contributed by atoms with Crippen molar-refractivity contribution in [2.24, 2.45) is 17.3 Å². The van der Waals surface area contributed by atoms with Gasteiger partial charge in [-0.05, 0) is 129 Å². The summed E-state index contributed by atoms with van der Waals surface area (Å²) in [6.45, 7) is 5.57. The number of aliphatic hydroxyl groups is 1. The number of carbonyl (C=O) groups is 9. The first-order valence-corrected chi connectivity index (χ1v) is 34.6. The van der Waals surface area contributed by atoms with Crippen LogP contribution in [0.5, 0.6) is 0 Å². The number of likely N-dealkylation sites (tertiary alicyclic amines) is 1. The normalized spacial score (nSPS) is 18.3. The van der Waals surface area contributed by atoms with E-state index in [1.807, 2.05) is 60.4 Å². The van der Waals surface area contributed by atoms with Gasteiger partial charge in [0.2, 0.25) is 47.3 Å². The molecule has 4 aliphatic heterocycles. The number of nitrogens with zero attached hydrogens (tertiary/aromatic N) is 4. The van der Waals surface area contributed by atoms with Gasteiger partial charge in [0, 0.05) is 91.0 Å². The Kier molecular flexibility index (Phi) is 21.0. The third-order valence-electron chi connectivity index (χ3n) is 20.9. The van der Waals surface area contributed by atoms with Gasteiger partial charge in [0.15, 0.2) is 5.60 Å². The lowest BCUT2D eigenvalue weighted by molar-refractivity contribution is -0.172. The van der Waals surface area contributed by atoms with Crippen molar-refractivity contribution in [3.63, 3.8) is 0 Å². The number of hydrogen-bond acceptors (Lipinski definition) is 14. The van der Waals surface area contributed by atoms with Crippen LogP contribution in [0.25, 0.3) is 22.3 Å². The minimum atomic E-state index is -2.07. The molecule has 24 heteroatoms. The molecule has 4 atom stereocenters. The third-order valence-corrected chi connectivity index (χ3v) is 20.9. The summed E-state index contributed by atoms with van der Waals surface area (Å²) in [7, 11) is 0. The number of nitrogens with one attached hydrogen (secondary N) is 6. The van der Waals surface area contributed by atoms with E-state index < -0.39 is 84.2 Å². The number of pyridine rings is 2. The molecule has 2 aromatic heterocycles. The molecule has 4 unspecified atom stereocenters. The monoisotopic (exact) mass is 1360 g/mol. The molecule has 1 saturated heterocycles. The molecule has 2 fully saturated rings. The lowest BCUT2D eigenvalue weighted by Crippen LogP contribution is -2.52. The first-order valence-electron chi connectivity index (χ1n) is 34.6. The molecular weight excluding hydrogens is 1280 g/mol. The van der Waals surface area contributed by atoms with Crippen LogP contribution in [0.15, 0.2) is 95.8 Å². The predicted octanol–water partition coefficient (Wildman–Crippen LogP) is 5.39. The first-order chi connectivity index (χ1) is 48.2. The molecule has 6 heterocycles. The van der Waals surface area contributed by atoms with Gasteiger partial charge >= 0.3 is 5.97 Å². The van der Waals surface area contributed by atoms with Crippen molar-refractivity contribution < 1.29 is 62.1 Å². The molecular formula is C76H83FN10O13. The fourth-order valence-corrected chi connectivity index (χ4v) is 15.0. The molecule has 522 valence electrons. The molecule has 8 amide bonds. The molecule has 7 N–H and O–H groups in total. The van der Waals surface area contributed by atoms with Crippen LogP contribution in [0.2, 0.25) is 0 Å². The maximum Gasteiger partial charge on any atom is 0.343 e. The second-order valence-electron chi connectivity index (χ2n) is 27.1. The van der Waals surface area contributed by atoms with Crippen molar-refractivity contribution >= 4 is 69.8 Å². The average molecular weight is 1360 g/mol. The van der Waals surface area contributed by atoms with Gasteiger partial charge in [-0.25, -0.2) is 14.2 Å². The molecule has 4 aromatic carbocycles. The number of cyclic esters (lactones) is 1. The number of para-hydroxylation sites is 1. The number of benzene rings is 4. The van der Waals surface area contributed by atoms with Crippen molar-refractivity contribution in [1.82, 2.24) is 46.4 Å². The molecule has 100 heavy (non-hydrogen) atoms. The zero-order valence-electron chi connectivity index (χ0n) is 56.5. The Morgan fingerprint density at radius 2 is 1.47 bits per heavy atom. The standard InChI is InChI=1S/C76H83FN10O13/c1-4-76(98)55-37-61-69-53(43-87(61)73(96)54(55)44-100-74(76)97)68-57(21-20-52-46(3)56(77)38-58(84-69)67(52)68)82-65(91)41-81-71(94)59(36-47-12-6-5-7-13-47)83-64(90)40-80-63(89)39-79-62(88)26-35-99-34-25-45(2)72(95)85-32-29-75(30-33-85)27-22-50(23-28-75)70(93)78-31-24-66(92)86-42-51-16-9-8-14-48(51)18-19-49-15-10-11-17-60(49)86/h5-17,37-38,45,50,57,59,98H,4,20-36,39-44H2,1-3H3,(H,78,93)(H,79,88)(H,80,89)(H,81,94)(H,82,91)(H,83,90). The van der Waals surface area contributed by atoms with Gasteiger partial charge in [-0.1, -0.05) is 86.4 Å². The van der Waals surface area contributed by atoms with Crippen molar-refractivity contribution in [2.45, 2.75) is 142 Å². The van der Waals surface area contributed by atoms with Crippen LogP contribution in [0.1, 0.15) is 146 Å². The summed E-state index contributed by atoms with van der Waals surface area (Å²) in [4.78, 5) is 143. The summed E-state index contributed by atoms with van der Waals surface area (Å²) in [6, 6.07) is 25.3. The van der Waals surface area contributed by atoms with E-state index in [9.17, 15) is 53.1 Å². The topological polar surface area (TPSA) is 306 Å². The number of ether oxygens (including phenoxy) is 2. The van der Waals surface area contributed by atoms with Crippen molar-refractivity contribution in [1.29, 1.82) is 0 Å². The average Bonchev–Trinajstić information content (AvgIpc) is 1.49. The Hall–Kier alpha value is -10.1. The highest BCUT2D eigenvalue weighted by Crippen LogP contribution is 2.48. The van der Waals surface area contributed by atoms with Gasteiger partial charge in [0.1, 0.15) is 18.5 Å². The SMILES string of the molecule is CCC1(O)C(=O)OCc2c1cc1n(c2=O)Cc2c-1nc1cc(F)c(C)c3c1c2C(NC(=O)CNC(=O)C(Cc1ccccc1)NC(=O)CNC(=O)CNC(=O)CCOCCC(C)C(=O)N1CCC2(CCC(C(=O)NCCC(=O)N4Cc5ccccc5C#Cc5ccccc54)CC2)CC1)CC3. The Morgan fingerprint density at radius 3 is 2.24 bits per heavy atom. The number of esters is 1. The number of aromatic nitrogens is 2. The second kappa shape index (κ2) is 30.2. The molecule has 0 radical (unpaired) electrons. The molecule has 6 aromatic rings. The highest BCUT2D eigenvalue weighted by molar-refractivity contribution is 5.97. The summed E-state index contributed by atoms with van der Waals surface area (Å²) >= 11 is 0. The summed E-state index contributed by atoms with van der Waals surface area (Å²) in [5.41, 5.74) is 5.19. The summed E-state index contributed by atoms with van der Waals surface area (Å²) in [5, 5.41) is 28.4. The molecule has 0 bridgehead atoms. The Bertz CT molecular complexity index is 4380. The molecule has 1 spiro atoms. The fraction of sp³-hybridized carbons (Fsp3) is 0.434. The molecule has 12 rings (SSSR count). The summed E-state index contributed by atoms with van der Waals surface area (Å²) in [5.74, 6) is 1.50. The van der Waals surface area contributed by atoms with Crippen LogP contribution >= 0.6 is 0 Å². The van der Waals surface area contributed by atoms with Crippen molar-refractivity contribution in [2.75, 3.05) is 57.4 Å². The highest BCUT2D eigenvalue weighted by Gasteiger charge is 2.47. The Labute approximate surface area is 578 Å². The predicted molar refractivity (Wildman–Crippen MR) is 367 cm³/mol. The van der Waals surface area contributed by atoms with Gasteiger partial charge in [-0.2, -0.15) is 0 Å². The zero-order valence-corrected chi connectivity index (χ0v) is 56.5. The smallest absolute Gasteiger partial charge is 0.343 e. The van der Waals surface area contributed by atoms with E-state index in [0.29, 0.717) is 89.0 Å². The number of hydrogen-bond donors (Lipinski definition) is 7.